The molecule has 0 aromatic carbocycles. The van der Waals surface area contributed by atoms with Crippen LogP contribution in [-0.2, 0) is 4.79 Å². The van der Waals surface area contributed by atoms with Gasteiger partial charge in [-0.15, -0.1) is 0 Å². The van der Waals surface area contributed by atoms with Crippen molar-refractivity contribution in [1.82, 2.24) is 0 Å². The van der Waals surface area contributed by atoms with Crippen LogP contribution >= 0.6 is 0 Å². The number of aliphatic hydroxyl groups excluding tert-OH is 1. The molecule has 0 aromatic heterocycles. The highest BCUT2D eigenvalue weighted by Gasteiger charge is 2.60. The van der Waals surface area contributed by atoms with Crippen molar-refractivity contribution >= 4 is 5.78 Å². The van der Waals surface area contributed by atoms with Gasteiger partial charge in [0.15, 0.2) is 0 Å². The van der Waals surface area contributed by atoms with Gasteiger partial charge in [0, 0.05) is 11.8 Å². The summed E-state index contributed by atoms with van der Waals surface area (Å²) in [5.74, 6) is 3.54. The third-order valence-corrected chi connectivity index (χ3v) is 8.35. The van der Waals surface area contributed by atoms with Crippen molar-refractivity contribution in [2.45, 2.75) is 77.7 Å². The molecule has 0 saturated heterocycles. The van der Waals surface area contributed by atoms with E-state index in [1.807, 2.05) is 0 Å². The molecule has 1 N–H and O–H groups in total. The minimum absolute atomic E-state index is 0.0124. The first kappa shape index (κ1) is 14.2. The third-order valence-electron chi connectivity index (χ3n) is 8.35. The standard InChI is InChI=1S/C19H30O2/c1-18-9-7-13(20)11-12(18)3-4-14-15-5-6-17(21)19(15,2)10-8-16(14)18/h12-16,20H,3-11H2,1-2H3/t12-,13-,14-,15-,16?,18-,19-/m0/s1. The van der Waals surface area contributed by atoms with Crippen LogP contribution in [0.2, 0.25) is 0 Å². The lowest BCUT2D eigenvalue weighted by Crippen LogP contribution is -2.54. The molecule has 0 bridgehead atoms. The van der Waals surface area contributed by atoms with Crippen molar-refractivity contribution in [3.05, 3.63) is 0 Å². The van der Waals surface area contributed by atoms with Crippen LogP contribution in [0, 0.1) is 34.5 Å². The topological polar surface area (TPSA) is 37.3 Å². The Hall–Kier alpha value is -0.370. The van der Waals surface area contributed by atoms with Gasteiger partial charge < -0.3 is 5.11 Å². The van der Waals surface area contributed by atoms with Crippen LogP contribution in [0.3, 0.4) is 0 Å². The molecule has 2 nitrogen and oxygen atoms in total. The average Bonchev–Trinajstić information content (AvgIpc) is 2.76. The molecular weight excluding hydrogens is 260 g/mol. The summed E-state index contributed by atoms with van der Waals surface area (Å²) in [4.78, 5) is 12.4. The summed E-state index contributed by atoms with van der Waals surface area (Å²) in [6.45, 7) is 4.78. The zero-order valence-electron chi connectivity index (χ0n) is 13.6. The number of ketones is 1. The van der Waals surface area contributed by atoms with Gasteiger partial charge in [0.25, 0.3) is 0 Å². The number of fused-ring (bicyclic) bond motifs is 5. The van der Waals surface area contributed by atoms with Crippen LogP contribution in [0.15, 0.2) is 0 Å². The van der Waals surface area contributed by atoms with Gasteiger partial charge in [-0.3, -0.25) is 4.79 Å². The highest BCUT2D eigenvalue weighted by Crippen LogP contribution is 2.65. The Kier molecular flexibility index (Phi) is 3.10. The van der Waals surface area contributed by atoms with Gasteiger partial charge in [0.2, 0.25) is 0 Å². The predicted molar refractivity (Wildman–Crippen MR) is 82.7 cm³/mol. The fraction of sp³-hybridized carbons (Fsp3) is 0.947. The van der Waals surface area contributed by atoms with E-state index in [2.05, 4.69) is 13.8 Å². The molecule has 7 atom stereocenters. The van der Waals surface area contributed by atoms with Gasteiger partial charge in [-0.1, -0.05) is 13.8 Å². The first-order chi connectivity index (χ1) is 9.95. The monoisotopic (exact) mass is 290 g/mol. The molecule has 0 aliphatic heterocycles. The maximum absolute atomic E-state index is 12.4. The predicted octanol–water partition coefficient (Wildman–Crippen LogP) is 3.96. The molecular formula is C19H30O2. The van der Waals surface area contributed by atoms with Gasteiger partial charge in [0.05, 0.1) is 6.10 Å². The highest BCUT2D eigenvalue weighted by molar-refractivity contribution is 5.87. The summed E-state index contributed by atoms with van der Waals surface area (Å²) in [7, 11) is 0. The average molecular weight is 290 g/mol. The molecule has 1 unspecified atom stereocenters. The lowest BCUT2D eigenvalue weighted by molar-refractivity contribution is -0.142. The van der Waals surface area contributed by atoms with Crippen LogP contribution in [0.25, 0.3) is 0 Å². The van der Waals surface area contributed by atoms with Crippen LogP contribution in [-0.4, -0.2) is 17.0 Å². The molecule has 118 valence electrons. The summed E-state index contributed by atoms with van der Waals surface area (Å²) < 4.78 is 0. The van der Waals surface area contributed by atoms with Crippen molar-refractivity contribution in [2.75, 3.05) is 0 Å². The van der Waals surface area contributed by atoms with Crippen LogP contribution in [0.5, 0.6) is 0 Å². The molecule has 21 heavy (non-hydrogen) atoms. The Balaban J connectivity index is 1.64. The largest absolute Gasteiger partial charge is 0.393 e. The molecule has 4 aliphatic carbocycles. The maximum atomic E-state index is 12.4. The van der Waals surface area contributed by atoms with Crippen molar-refractivity contribution in [3.8, 4) is 0 Å². The first-order valence-corrected chi connectivity index (χ1v) is 9.16. The van der Waals surface area contributed by atoms with Crippen molar-refractivity contribution in [2.24, 2.45) is 34.5 Å². The zero-order valence-corrected chi connectivity index (χ0v) is 13.6. The van der Waals surface area contributed by atoms with E-state index in [9.17, 15) is 9.90 Å². The molecule has 4 saturated carbocycles. The normalized spacial score (nSPS) is 56.5. The van der Waals surface area contributed by atoms with Crippen LogP contribution in [0.4, 0.5) is 0 Å². The molecule has 0 heterocycles. The fourth-order valence-electron chi connectivity index (χ4n) is 7.01. The van der Waals surface area contributed by atoms with Crippen molar-refractivity contribution < 1.29 is 9.90 Å². The Morgan fingerprint density at radius 2 is 1.81 bits per heavy atom. The lowest BCUT2D eigenvalue weighted by atomic mass is 9.45. The minimum atomic E-state index is -0.0541. The van der Waals surface area contributed by atoms with E-state index in [0.29, 0.717) is 17.1 Å². The molecule has 0 radical (unpaired) electrons. The second-order valence-electron chi connectivity index (χ2n) is 9.00. The van der Waals surface area contributed by atoms with E-state index >= 15 is 0 Å². The third kappa shape index (κ3) is 1.84. The summed E-state index contributed by atoms with van der Waals surface area (Å²) in [5, 5.41) is 10.0. The molecule has 4 rings (SSSR count). The SMILES string of the molecule is C[C@]12CCC3[C@@H](CC[C@H]4C[C@@H](O)CC[C@]34C)[C@@H]1CCC2=O. The second-order valence-corrected chi connectivity index (χ2v) is 9.00. The number of carbonyl (C=O) groups excluding carboxylic acids is 1. The number of hydrogen-bond donors (Lipinski definition) is 1. The molecule has 0 amide bonds. The van der Waals surface area contributed by atoms with Crippen LogP contribution < -0.4 is 0 Å². The summed E-state index contributed by atoms with van der Waals surface area (Å²) in [6, 6.07) is 0. The number of hydrogen-bond acceptors (Lipinski definition) is 2. The molecule has 0 aromatic rings. The van der Waals surface area contributed by atoms with Gasteiger partial charge >= 0.3 is 0 Å². The molecule has 2 heteroatoms. The van der Waals surface area contributed by atoms with Gasteiger partial charge in [-0.25, -0.2) is 0 Å². The fourth-order valence-corrected chi connectivity index (χ4v) is 7.01. The second kappa shape index (κ2) is 4.57. The van der Waals surface area contributed by atoms with E-state index in [4.69, 9.17) is 0 Å². The zero-order chi connectivity index (χ0) is 14.8. The summed E-state index contributed by atoms with van der Waals surface area (Å²) >= 11 is 0. The Labute approximate surface area is 128 Å². The number of rotatable bonds is 0. The lowest BCUT2D eigenvalue weighted by Gasteiger charge is -2.60. The first-order valence-electron chi connectivity index (χ1n) is 9.16. The van der Waals surface area contributed by atoms with Crippen molar-refractivity contribution in [1.29, 1.82) is 0 Å². The Morgan fingerprint density at radius 1 is 1.00 bits per heavy atom. The molecule has 4 fully saturated rings. The molecule has 0 spiro atoms. The van der Waals surface area contributed by atoms with Gasteiger partial charge in [-0.2, -0.15) is 0 Å². The number of carbonyl (C=O) groups is 1. The quantitative estimate of drug-likeness (QED) is 0.733. The smallest absolute Gasteiger partial charge is 0.139 e. The summed E-state index contributed by atoms with van der Waals surface area (Å²) in [5.41, 5.74) is 0.452. The Morgan fingerprint density at radius 3 is 2.62 bits per heavy atom. The van der Waals surface area contributed by atoms with Crippen LogP contribution in [0.1, 0.15) is 71.6 Å². The van der Waals surface area contributed by atoms with Gasteiger partial charge in [0.1, 0.15) is 5.78 Å². The minimum Gasteiger partial charge on any atom is -0.393 e. The van der Waals surface area contributed by atoms with E-state index in [0.717, 1.165) is 49.9 Å². The Bertz CT molecular complexity index is 458. The van der Waals surface area contributed by atoms with E-state index in [1.165, 1.54) is 25.7 Å². The van der Waals surface area contributed by atoms with E-state index < -0.39 is 0 Å². The van der Waals surface area contributed by atoms with E-state index in [-0.39, 0.29) is 11.5 Å². The van der Waals surface area contributed by atoms with E-state index in [1.54, 1.807) is 0 Å². The maximum Gasteiger partial charge on any atom is 0.139 e. The highest BCUT2D eigenvalue weighted by atomic mass is 16.3. The molecule has 4 aliphatic rings. The van der Waals surface area contributed by atoms with Gasteiger partial charge in [-0.05, 0) is 80.5 Å². The number of Topliss-reactive ketones (excluding diaryl/α,β-unsaturated/α-hetero) is 1. The number of aliphatic hydroxyl groups is 1. The van der Waals surface area contributed by atoms with Crippen molar-refractivity contribution in [3.63, 3.8) is 0 Å². The summed E-state index contributed by atoms with van der Waals surface area (Å²) in [6.07, 6.45) is 10.1.